The fraction of sp³-hybridized carbons (Fsp3) is 0.500. The smallest absolute Gasteiger partial charge is 0.410 e. The van der Waals surface area contributed by atoms with Crippen molar-refractivity contribution in [1.82, 2.24) is 14.9 Å². The van der Waals surface area contributed by atoms with Crippen LogP contribution >= 0.6 is 0 Å². The maximum atomic E-state index is 13.6. The van der Waals surface area contributed by atoms with E-state index in [1.54, 1.807) is 4.90 Å². The predicted molar refractivity (Wildman–Crippen MR) is 94.9 cm³/mol. The SMILES string of the molecule is O=C1CC(C(F)(F)F)c2c(C3CCN(c4ccc(C(F)(F)F)cn4)CC3)nn(O)c2N1. The quantitative estimate of drug-likeness (QED) is 0.537. The van der Waals surface area contributed by atoms with Crippen LogP contribution in [0, 0.1) is 0 Å². The number of aromatic nitrogens is 3. The fourth-order valence-corrected chi connectivity index (χ4v) is 4.07. The molecule has 4 heterocycles. The van der Waals surface area contributed by atoms with Crippen LogP contribution in [0.5, 0.6) is 0 Å². The number of carbonyl (C=O) groups is 1. The van der Waals surface area contributed by atoms with Gasteiger partial charge in [-0.1, -0.05) is 4.85 Å². The highest BCUT2D eigenvalue weighted by atomic mass is 19.4. The Labute approximate surface area is 171 Å². The minimum Gasteiger partial charge on any atom is -0.410 e. The first-order valence-corrected chi connectivity index (χ1v) is 9.42. The number of piperidine rings is 1. The summed E-state index contributed by atoms with van der Waals surface area (Å²) in [5.41, 5.74) is -1.04. The number of nitrogens with one attached hydrogen (secondary N) is 1. The Bertz CT molecular complexity index is 977. The number of nitrogens with zero attached hydrogens (tertiary/aromatic N) is 4. The molecule has 0 aliphatic carbocycles. The standard InChI is InChI=1S/C18H17F6N5O2/c19-17(20,21)10-1-2-12(25-8-10)28-5-3-9(4-6-28)15-14-11(18(22,23)24)7-13(30)26-16(14)29(31)27-15/h1-2,8-9,11,31H,3-7H2,(H,26,30). The van der Waals surface area contributed by atoms with Crippen molar-refractivity contribution in [3.8, 4) is 0 Å². The van der Waals surface area contributed by atoms with Gasteiger partial charge in [-0.2, -0.15) is 26.3 Å². The van der Waals surface area contributed by atoms with Crippen LogP contribution in [0.3, 0.4) is 0 Å². The second kappa shape index (κ2) is 7.31. The second-order valence-electron chi connectivity index (χ2n) is 7.55. The van der Waals surface area contributed by atoms with E-state index in [2.05, 4.69) is 15.4 Å². The van der Waals surface area contributed by atoms with Crippen LogP contribution in [0.1, 0.15) is 47.9 Å². The third-order valence-electron chi connectivity index (χ3n) is 5.61. The molecule has 2 aliphatic rings. The van der Waals surface area contributed by atoms with Gasteiger partial charge in [-0.25, -0.2) is 4.98 Å². The molecule has 4 rings (SSSR count). The summed E-state index contributed by atoms with van der Waals surface area (Å²) >= 11 is 0. The minimum absolute atomic E-state index is 0.0693. The number of alkyl halides is 6. The van der Waals surface area contributed by atoms with Gasteiger partial charge in [-0.3, -0.25) is 4.79 Å². The van der Waals surface area contributed by atoms with Crippen molar-refractivity contribution in [1.29, 1.82) is 0 Å². The summed E-state index contributed by atoms with van der Waals surface area (Å²) in [6, 6.07) is 2.18. The van der Waals surface area contributed by atoms with Crippen LogP contribution in [0.4, 0.5) is 38.0 Å². The van der Waals surface area contributed by atoms with Gasteiger partial charge in [-0.05, 0) is 25.0 Å². The molecule has 2 N–H and O–H groups in total. The molecule has 13 heteroatoms. The Balaban J connectivity index is 1.54. The van der Waals surface area contributed by atoms with Crippen molar-refractivity contribution in [3.63, 3.8) is 0 Å². The molecule has 2 aromatic heterocycles. The molecule has 1 amide bonds. The zero-order valence-electron chi connectivity index (χ0n) is 15.8. The first kappa shape index (κ1) is 21.2. The van der Waals surface area contributed by atoms with Crippen LogP contribution in [0.15, 0.2) is 18.3 Å². The van der Waals surface area contributed by atoms with Crippen molar-refractivity contribution in [2.45, 2.75) is 43.5 Å². The van der Waals surface area contributed by atoms with Crippen molar-refractivity contribution >= 4 is 17.5 Å². The van der Waals surface area contributed by atoms with Crippen LogP contribution in [-0.4, -0.2) is 45.3 Å². The molecule has 0 aromatic carbocycles. The molecule has 1 unspecified atom stereocenters. The molecular weight excluding hydrogens is 432 g/mol. The molecule has 0 radical (unpaired) electrons. The summed E-state index contributed by atoms with van der Waals surface area (Å²) in [5, 5.41) is 16.0. The Morgan fingerprint density at radius 3 is 2.32 bits per heavy atom. The lowest BCUT2D eigenvalue weighted by atomic mass is 9.84. The van der Waals surface area contributed by atoms with Gasteiger partial charge >= 0.3 is 12.4 Å². The van der Waals surface area contributed by atoms with E-state index in [1.807, 2.05) is 0 Å². The maximum absolute atomic E-state index is 13.6. The van der Waals surface area contributed by atoms with Gasteiger partial charge in [0.05, 0.1) is 17.2 Å². The Morgan fingerprint density at radius 1 is 1.10 bits per heavy atom. The summed E-state index contributed by atoms with van der Waals surface area (Å²) < 4.78 is 78.7. The van der Waals surface area contributed by atoms with Crippen LogP contribution in [0.25, 0.3) is 0 Å². The summed E-state index contributed by atoms with van der Waals surface area (Å²) in [5.74, 6) is -3.39. The molecule has 1 atom stereocenters. The van der Waals surface area contributed by atoms with E-state index in [0.717, 1.165) is 12.3 Å². The zero-order chi connectivity index (χ0) is 22.6. The molecule has 1 fully saturated rings. The number of carbonyl (C=O) groups excluding carboxylic acids is 1. The Kier molecular flexibility index (Phi) is 5.01. The number of hydrogen-bond donors (Lipinski definition) is 2. The topological polar surface area (TPSA) is 83.3 Å². The van der Waals surface area contributed by atoms with Gasteiger partial charge in [-0.15, -0.1) is 5.10 Å². The molecule has 31 heavy (non-hydrogen) atoms. The van der Waals surface area contributed by atoms with Crippen molar-refractivity contribution in [2.75, 3.05) is 23.3 Å². The molecule has 2 aromatic rings. The molecule has 2 aliphatic heterocycles. The highest BCUT2D eigenvalue weighted by Gasteiger charge is 2.49. The molecule has 0 bridgehead atoms. The van der Waals surface area contributed by atoms with Gasteiger partial charge in [0.15, 0.2) is 5.82 Å². The third-order valence-corrected chi connectivity index (χ3v) is 5.61. The predicted octanol–water partition coefficient (Wildman–Crippen LogP) is 3.91. The summed E-state index contributed by atoms with van der Waals surface area (Å²) in [6.45, 7) is 0.665. The van der Waals surface area contributed by atoms with Gasteiger partial charge in [0.2, 0.25) is 5.91 Å². The molecular formula is C18H17F6N5O2. The van der Waals surface area contributed by atoms with E-state index in [4.69, 9.17) is 0 Å². The number of fused-ring (bicyclic) bond motifs is 1. The fourth-order valence-electron chi connectivity index (χ4n) is 4.07. The Morgan fingerprint density at radius 2 is 1.77 bits per heavy atom. The Hall–Kier alpha value is -2.99. The van der Waals surface area contributed by atoms with E-state index >= 15 is 0 Å². The molecule has 1 saturated heterocycles. The highest BCUT2D eigenvalue weighted by Crippen LogP contribution is 2.47. The number of rotatable bonds is 2. The van der Waals surface area contributed by atoms with Crippen molar-refractivity contribution in [2.24, 2.45) is 0 Å². The van der Waals surface area contributed by atoms with E-state index in [-0.39, 0.29) is 21.9 Å². The lowest BCUT2D eigenvalue weighted by Crippen LogP contribution is -2.35. The van der Waals surface area contributed by atoms with Crippen LogP contribution < -0.4 is 10.2 Å². The lowest BCUT2D eigenvalue weighted by molar-refractivity contribution is -0.157. The summed E-state index contributed by atoms with van der Waals surface area (Å²) in [6.07, 6.45) is -8.53. The van der Waals surface area contributed by atoms with Gasteiger partial charge < -0.3 is 15.4 Å². The zero-order valence-corrected chi connectivity index (χ0v) is 15.8. The number of pyridine rings is 1. The minimum atomic E-state index is -4.69. The van der Waals surface area contributed by atoms with E-state index in [9.17, 15) is 36.3 Å². The van der Waals surface area contributed by atoms with E-state index in [0.29, 0.717) is 31.7 Å². The van der Waals surface area contributed by atoms with Crippen molar-refractivity contribution in [3.05, 3.63) is 35.2 Å². The average molecular weight is 449 g/mol. The normalized spacial score (nSPS) is 20.5. The highest BCUT2D eigenvalue weighted by molar-refractivity contribution is 5.94. The van der Waals surface area contributed by atoms with Crippen LogP contribution in [-0.2, 0) is 11.0 Å². The number of amides is 1. The second-order valence-corrected chi connectivity index (χ2v) is 7.55. The number of halogens is 6. The van der Waals surface area contributed by atoms with Gasteiger partial charge in [0.1, 0.15) is 5.82 Å². The number of hydrogen-bond acceptors (Lipinski definition) is 5. The summed E-state index contributed by atoms with van der Waals surface area (Å²) in [7, 11) is 0. The van der Waals surface area contributed by atoms with Crippen molar-refractivity contribution < 1.29 is 36.3 Å². The maximum Gasteiger partial charge on any atom is 0.417 e. The molecule has 0 saturated carbocycles. The third kappa shape index (κ3) is 4.00. The lowest BCUT2D eigenvalue weighted by Gasteiger charge is -2.33. The van der Waals surface area contributed by atoms with Gasteiger partial charge in [0, 0.05) is 37.2 Å². The van der Waals surface area contributed by atoms with E-state index in [1.165, 1.54) is 6.07 Å². The monoisotopic (exact) mass is 449 g/mol. The average Bonchev–Trinajstić information content (AvgIpc) is 3.02. The van der Waals surface area contributed by atoms with Crippen LogP contribution in [0.2, 0.25) is 0 Å². The van der Waals surface area contributed by atoms with Gasteiger partial charge in [0.25, 0.3) is 0 Å². The first-order valence-electron chi connectivity index (χ1n) is 9.42. The molecule has 0 spiro atoms. The number of anilines is 2. The largest absolute Gasteiger partial charge is 0.417 e. The first-order chi connectivity index (χ1) is 14.4. The molecule has 168 valence electrons. The van der Waals surface area contributed by atoms with E-state index < -0.39 is 42.1 Å². The molecule has 7 nitrogen and oxygen atoms in total. The summed E-state index contributed by atoms with van der Waals surface area (Å²) in [4.78, 5) is 17.5.